The molecule has 0 spiro atoms. The summed E-state index contributed by atoms with van der Waals surface area (Å²) in [6, 6.07) is 0. The second kappa shape index (κ2) is 10.1. The van der Waals surface area contributed by atoms with Crippen LogP contribution in [0.25, 0.3) is 0 Å². The number of hydrogen-bond acceptors (Lipinski definition) is 3. The molecule has 0 bridgehead atoms. The molecule has 1 aliphatic carbocycles. The van der Waals surface area contributed by atoms with Gasteiger partial charge in [0.25, 0.3) is 0 Å². The van der Waals surface area contributed by atoms with Crippen LogP contribution in [0.2, 0.25) is 0 Å². The molecule has 1 heterocycles. The van der Waals surface area contributed by atoms with Crippen LogP contribution in [0.3, 0.4) is 0 Å². The van der Waals surface area contributed by atoms with Crippen molar-refractivity contribution in [3.8, 4) is 0 Å². The third-order valence-electron chi connectivity index (χ3n) is 5.90. The Labute approximate surface area is 159 Å². The summed E-state index contributed by atoms with van der Waals surface area (Å²) >= 11 is 0. The molecule has 0 radical (unpaired) electrons. The number of amides is 1. The van der Waals surface area contributed by atoms with E-state index in [0.717, 1.165) is 57.7 Å². The molecule has 0 aromatic rings. The smallest absolute Gasteiger partial charge is 0.219 e. The van der Waals surface area contributed by atoms with Crippen molar-refractivity contribution in [3.05, 3.63) is 0 Å². The van der Waals surface area contributed by atoms with Gasteiger partial charge in [0.2, 0.25) is 5.91 Å². The van der Waals surface area contributed by atoms with Gasteiger partial charge in [-0.2, -0.15) is 0 Å². The lowest BCUT2D eigenvalue weighted by Crippen LogP contribution is -2.50. The Bertz CT molecular complexity index is 463. The highest BCUT2D eigenvalue weighted by Gasteiger charge is 2.34. The number of hydrogen-bond donors (Lipinski definition) is 2. The van der Waals surface area contributed by atoms with Gasteiger partial charge in [0.15, 0.2) is 5.96 Å². The normalized spacial score (nSPS) is 21.3. The monoisotopic (exact) mass is 365 g/mol. The Kier molecular flexibility index (Phi) is 8.19. The van der Waals surface area contributed by atoms with Gasteiger partial charge in [0.05, 0.1) is 0 Å². The Balaban J connectivity index is 1.69. The van der Waals surface area contributed by atoms with E-state index in [1.165, 1.54) is 32.1 Å². The Hall–Kier alpha value is -1.30. The molecule has 2 fully saturated rings. The maximum Gasteiger partial charge on any atom is 0.219 e. The first-order valence-electron chi connectivity index (χ1n) is 10.4. The summed E-state index contributed by atoms with van der Waals surface area (Å²) in [5.41, 5.74) is 0.453. The van der Waals surface area contributed by atoms with E-state index in [2.05, 4.69) is 34.4 Å². The highest BCUT2D eigenvalue weighted by molar-refractivity contribution is 5.79. The molecule has 2 aliphatic rings. The number of piperazine rings is 1. The van der Waals surface area contributed by atoms with Crippen molar-refractivity contribution < 1.29 is 4.79 Å². The molecule has 1 aliphatic heterocycles. The molecule has 1 amide bonds. The van der Waals surface area contributed by atoms with Crippen LogP contribution in [0.4, 0.5) is 0 Å². The fourth-order valence-electron chi connectivity index (χ4n) is 4.55. The van der Waals surface area contributed by atoms with Gasteiger partial charge in [-0.25, -0.2) is 0 Å². The fraction of sp³-hybridized carbons (Fsp3) is 0.900. The number of aliphatic imine (C=N–C) groups is 1. The van der Waals surface area contributed by atoms with Crippen LogP contribution in [-0.4, -0.2) is 74.5 Å². The molecule has 2 rings (SSSR count). The van der Waals surface area contributed by atoms with E-state index in [1.807, 2.05) is 11.9 Å². The molecule has 26 heavy (non-hydrogen) atoms. The summed E-state index contributed by atoms with van der Waals surface area (Å²) in [6.07, 6.45) is 6.72. The van der Waals surface area contributed by atoms with Crippen LogP contribution in [-0.2, 0) is 4.79 Å². The zero-order chi connectivity index (χ0) is 19.0. The number of rotatable bonds is 7. The van der Waals surface area contributed by atoms with Crippen molar-refractivity contribution in [2.24, 2.45) is 16.3 Å². The van der Waals surface area contributed by atoms with Crippen LogP contribution in [0.5, 0.6) is 0 Å². The average molecular weight is 366 g/mol. The number of carbonyl (C=O) groups excluding carboxylic acids is 1. The summed E-state index contributed by atoms with van der Waals surface area (Å²) in [7, 11) is 1.85. The summed E-state index contributed by atoms with van der Waals surface area (Å²) in [6.45, 7) is 12.8. The molecule has 0 atom stereocenters. The highest BCUT2D eigenvalue weighted by atomic mass is 16.2. The third kappa shape index (κ3) is 6.45. The van der Waals surface area contributed by atoms with E-state index in [-0.39, 0.29) is 5.91 Å². The first-order chi connectivity index (χ1) is 12.4. The van der Waals surface area contributed by atoms with Gasteiger partial charge in [-0.05, 0) is 30.6 Å². The standard InChI is InChI=1S/C20H39N5O/c1-17(2)15-20(7-5-6-8-20)16-23-19(21-4)22-9-10-24-11-13-25(14-12-24)18(3)26/h17H,5-16H2,1-4H3,(H2,21,22,23). The zero-order valence-electron chi connectivity index (χ0n) is 17.3. The van der Waals surface area contributed by atoms with E-state index in [1.54, 1.807) is 6.92 Å². The zero-order valence-corrected chi connectivity index (χ0v) is 17.3. The van der Waals surface area contributed by atoms with Gasteiger partial charge in [0.1, 0.15) is 0 Å². The SMILES string of the molecule is CN=C(NCCN1CCN(C(C)=O)CC1)NCC1(CC(C)C)CCCC1. The second-order valence-electron chi connectivity index (χ2n) is 8.51. The van der Waals surface area contributed by atoms with Crippen LogP contribution in [0, 0.1) is 11.3 Å². The molecular weight excluding hydrogens is 326 g/mol. The minimum atomic E-state index is 0.189. The van der Waals surface area contributed by atoms with E-state index >= 15 is 0 Å². The quantitative estimate of drug-likeness (QED) is 0.535. The largest absolute Gasteiger partial charge is 0.356 e. The minimum absolute atomic E-state index is 0.189. The minimum Gasteiger partial charge on any atom is -0.356 e. The van der Waals surface area contributed by atoms with E-state index < -0.39 is 0 Å². The van der Waals surface area contributed by atoms with Gasteiger partial charge in [-0.3, -0.25) is 14.7 Å². The number of nitrogens with zero attached hydrogens (tertiary/aromatic N) is 3. The first kappa shape index (κ1) is 21.0. The first-order valence-corrected chi connectivity index (χ1v) is 10.4. The molecule has 2 N–H and O–H groups in total. The molecule has 1 saturated carbocycles. The average Bonchev–Trinajstić information content (AvgIpc) is 3.06. The molecule has 0 aromatic carbocycles. The Morgan fingerprint density at radius 1 is 1.12 bits per heavy atom. The lowest BCUT2D eigenvalue weighted by atomic mass is 9.78. The van der Waals surface area contributed by atoms with Gasteiger partial charge >= 0.3 is 0 Å². The molecule has 6 heteroatoms. The van der Waals surface area contributed by atoms with Crippen molar-refractivity contribution in [3.63, 3.8) is 0 Å². The van der Waals surface area contributed by atoms with E-state index in [9.17, 15) is 4.79 Å². The third-order valence-corrected chi connectivity index (χ3v) is 5.90. The lowest BCUT2D eigenvalue weighted by Gasteiger charge is -2.34. The summed E-state index contributed by atoms with van der Waals surface area (Å²) in [4.78, 5) is 20.1. The summed E-state index contributed by atoms with van der Waals surface area (Å²) < 4.78 is 0. The van der Waals surface area contributed by atoms with Crippen molar-refractivity contribution in [1.29, 1.82) is 0 Å². The topological polar surface area (TPSA) is 60.0 Å². The maximum absolute atomic E-state index is 11.4. The highest BCUT2D eigenvalue weighted by Crippen LogP contribution is 2.42. The van der Waals surface area contributed by atoms with E-state index in [0.29, 0.717) is 5.41 Å². The lowest BCUT2D eigenvalue weighted by molar-refractivity contribution is -0.130. The Morgan fingerprint density at radius 3 is 2.31 bits per heavy atom. The van der Waals surface area contributed by atoms with Gasteiger partial charge in [0, 0.05) is 59.8 Å². The van der Waals surface area contributed by atoms with Crippen molar-refractivity contribution >= 4 is 11.9 Å². The molecular formula is C20H39N5O. The number of guanidine groups is 1. The van der Waals surface area contributed by atoms with Crippen molar-refractivity contribution in [1.82, 2.24) is 20.4 Å². The number of carbonyl (C=O) groups is 1. The summed E-state index contributed by atoms with van der Waals surface area (Å²) in [5.74, 6) is 1.86. The summed E-state index contributed by atoms with van der Waals surface area (Å²) in [5, 5.41) is 7.05. The predicted octanol–water partition coefficient (Wildman–Crippen LogP) is 1.92. The Morgan fingerprint density at radius 2 is 1.77 bits per heavy atom. The molecule has 6 nitrogen and oxygen atoms in total. The molecule has 0 unspecified atom stereocenters. The molecule has 150 valence electrons. The van der Waals surface area contributed by atoms with Crippen LogP contribution in [0.1, 0.15) is 52.9 Å². The maximum atomic E-state index is 11.4. The second-order valence-corrected chi connectivity index (χ2v) is 8.51. The van der Waals surface area contributed by atoms with Crippen molar-refractivity contribution in [2.45, 2.75) is 52.9 Å². The molecule has 1 saturated heterocycles. The van der Waals surface area contributed by atoms with Gasteiger partial charge in [-0.15, -0.1) is 0 Å². The van der Waals surface area contributed by atoms with Crippen LogP contribution in [0.15, 0.2) is 4.99 Å². The molecule has 0 aromatic heterocycles. The number of nitrogens with one attached hydrogen (secondary N) is 2. The van der Waals surface area contributed by atoms with Gasteiger partial charge in [-0.1, -0.05) is 26.7 Å². The van der Waals surface area contributed by atoms with E-state index in [4.69, 9.17) is 0 Å². The van der Waals surface area contributed by atoms with Crippen molar-refractivity contribution in [2.75, 3.05) is 52.9 Å². The van der Waals surface area contributed by atoms with Gasteiger partial charge < -0.3 is 15.5 Å². The van der Waals surface area contributed by atoms with Crippen LogP contribution >= 0.6 is 0 Å². The van der Waals surface area contributed by atoms with Crippen LogP contribution < -0.4 is 10.6 Å². The fourth-order valence-corrected chi connectivity index (χ4v) is 4.55. The predicted molar refractivity (Wildman–Crippen MR) is 108 cm³/mol.